The molecule has 2 aromatic rings. The van der Waals surface area contributed by atoms with Crippen LogP contribution in [0.4, 0.5) is 10.6 Å². The van der Waals surface area contributed by atoms with E-state index in [-0.39, 0.29) is 12.1 Å². The van der Waals surface area contributed by atoms with Crippen molar-refractivity contribution < 1.29 is 19.0 Å². The van der Waals surface area contributed by atoms with Crippen molar-refractivity contribution in [3.63, 3.8) is 0 Å². The van der Waals surface area contributed by atoms with E-state index in [2.05, 4.69) is 33.5 Å². The Bertz CT molecular complexity index is 916. The molecule has 1 aromatic carbocycles. The molecule has 8 heteroatoms. The summed E-state index contributed by atoms with van der Waals surface area (Å²) < 4.78 is 16.7. The average Bonchev–Trinajstić information content (AvgIpc) is 2.84. The number of hydrogen-bond donors (Lipinski definition) is 1. The summed E-state index contributed by atoms with van der Waals surface area (Å²) in [7, 11) is 1.52. The van der Waals surface area contributed by atoms with E-state index in [1.807, 2.05) is 12.1 Å². The zero-order valence-corrected chi connectivity index (χ0v) is 18.5. The van der Waals surface area contributed by atoms with Gasteiger partial charge < -0.3 is 19.1 Å². The first-order chi connectivity index (χ1) is 15.7. The summed E-state index contributed by atoms with van der Waals surface area (Å²) >= 11 is 0. The van der Waals surface area contributed by atoms with Gasteiger partial charge >= 0.3 is 6.03 Å². The van der Waals surface area contributed by atoms with Gasteiger partial charge in [-0.25, -0.2) is 14.8 Å². The molecule has 1 aromatic heterocycles. The first kappa shape index (κ1) is 22.1. The van der Waals surface area contributed by atoms with Gasteiger partial charge in [0.25, 0.3) is 0 Å². The van der Waals surface area contributed by atoms with Crippen molar-refractivity contribution >= 4 is 17.9 Å². The number of urea groups is 1. The minimum absolute atomic E-state index is 0.163. The summed E-state index contributed by atoms with van der Waals surface area (Å²) in [4.78, 5) is 22.5. The lowest BCUT2D eigenvalue weighted by Gasteiger charge is -2.28. The maximum Gasteiger partial charge on any atom is 0.323 e. The molecule has 0 spiro atoms. The molecule has 2 amide bonds. The van der Waals surface area contributed by atoms with Crippen LogP contribution < -0.4 is 14.8 Å². The molecule has 1 N–H and O–H groups in total. The molecule has 3 heterocycles. The highest BCUT2D eigenvalue weighted by molar-refractivity contribution is 5.88. The van der Waals surface area contributed by atoms with E-state index in [1.165, 1.54) is 31.5 Å². The van der Waals surface area contributed by atoms with Gasteiger partial charge in [0, 0.05) is 19.7 Å². The molecule has 8 nitrogen and oxygen atoms in total. The smallest absolute Gasteiger partial charge is 0.323 e. The van der Waals surface area contributed by atoms with Crippen molar-refractivity contribution in [1.29, 1.82) is 0 Å². The van der Waals surface area contributed by atoms with Crippen LogP contribution in [-0.4, -0.2) is 60.4 Å². The van der Waals surface area contributed by atoms with Gasteiger partial charge in [-0.05, 0) is 49.8 Å². The SMILES string of the molecule is COc1cnc(NC(=O)N2CCC(=Cc3cccc(OCC4CCCCO4)c3)CC2)cn1. The summed E-state index contributed by atoms with van der Waals surface area (Å²) in [6.07, 6.45) is 10.5. The first-order valence-corrected chi connectivity index (χ1v) is 11.2. The second-order valence-corrected chi connectivity index (χ2v) is 8.04. The van der Waals surface area contributed by atoms with Gasteiger partial charge in [-0.2, -0.15) is 0 Å². The van der Waals surface area contributed by atoms with Crippen molar-refractivity contribution in [3.8, 4) is 11.6 Å². The number of aromatic nitrogens is 2. The van der Waals surface area contributed by atoms with Crippen molar-refractivity contribution in [2.75, 3.05) is 38.7 Å². The van der Waals surface area contributed by atoms with Crippen LogP contribution in [0.1, 0.15) is 37.7 Å². The molecule has 2 saturated heterocycles. The number of carbonyl (C=O) groups is 1. The molecule has 2 aliphatic heterocycles. The van der Waals surface area contributed by atoms with Gasteiger partial charge in [0.05, 0.1) is 25.6 Å². The quantitative estimate of drug-likeness (QED) is 0.729. The number of amides is 2. The Kier molecular flexibility index (Phi) is 7.55. The van der Waals surface area contributed by atoms with Crippen molar-refractivity contribution in [2.45, 2.75) is 38.2 Å². The largest absolute Gasteiger partial charge is 0.491 e. The number of nitrogens with one attached hydrogen (secondary N) is 1. The third-order valence-corrected chi connectivity index (χ3v) is 5.70. The molecular formula is C24H30N4O4. The Morgan fingerprint density at radius 1 is 1.25 bits per heavy atom. The van der Waals surface area contributed by atoms with E-state index in [4.69, 9.17) is 14.2 Å². The summed E-state index contributed by atoms with van der Waals surface area (Å²) in [6, 6.07) is 7.99. The number of nitrogens with zero attached hydrogens (tertiary/aromatic N) is 3. The Labute approximate surface area is 188 Å². The number of hydrogen-bond acceptors (Lipinski definition) is 6. The second kappa shape index (κ2) is 10.9. The zero-order chi connectivity index (χ0) is 22.2. The highest BCUT2D eigenvalue weighted by Crippen LogP contribution is 2.23. The Morgan fingerprint density at radius 3 is 2.84 bits per heavy atom. The molecule has 1 unspecified atom stereocenters. The molecular weight excluding hydrogens is 408 g/mol. The van der Waals surface area contributed by atoms with Crippen LogP contribution in [0.25, 0.3) is 6.08 Å². The van der Waals surface area contributed by atoms with Crippen LogP contribution in [0.3, 0.4) is 0 Å². The van der Waals surface area contributed by atoms with Crippen LogP contribution in [0.2, 0.25) is 0 Å². The Balaban J connectivity index is 1.26. The van der Waals surface area contributed by atoms with Gasteiger partial charge in [0.2, 0.25) is 5.88 Å². The second-order valence-electron chi connectivity index (χ2n) is 8.04. The summed E-state index contributed by atoms with van der Waals surface area (Å²) in [5, 5.41) is 2.79. The predicted octanol–water partition coefficient (Wildman–Crippen LogP) is 4.14. The van der Waals surface area contributed by atoms with E-state index in [9.17, 15) is 4.79 Å². The highest BCUT2D eigenvalue weighted by atomic mass is 16.5. The molecule has 2 fully saturated rings. The first-order valence-electron chi connectivity index (χ1n) is 11.2. The van der Waals surface area contributed by atoms with Gasteiger partial charge in [0.1, 0.15) is 12.4 Å². The highest BCUT2D eigenvalue weighted by Gasteiger charge is 2.20. The van der Waals surface area contributed by atoms with Crippen molar-refractivity contribution in [3.05, 3.63) is 47.8 Å². The molecule has 0 bridgehead atoms. The lowest BCUT2D eigenvalue weighted by Crippen LogP contribution is -2.39. The standard InChI is InChI=1S/C24H30N4O4/c1-30-23-16-25-22(15-26-23)27-24(29)28-10-8-18(9-11-28)13-19-5-4-7-20(14-19)32-17-21-6-2-3-12-31-21/h4-5,7,13-16,21H,2-3,6,8-12,17H2,1H3,(H,25,27,29). The van der Waals surface area contributed by atoms with E-state index in [1.54, 1.807) is 4.90 Å². The van der Waals surface area contributed by atoms with E-state index >= 15 is 0 Å². The van der Waals surface area contributed by atoms with Crippen LogP contribution in [0, 0.1) is 0 Å². The number of rotatable bonds is 6. The van der Waals surface area contributed by atoms with Gasteiger partial charge in [-0.1, -0.05) is 23.8 Å². The molecule has 1 atom stereocenters. The Hall–Kier alpha value is -3.13. The topological polar surface area (TPSA) is 85.8 Å². The predicted molar refractivity (Wildman–Crippen MR) is 122 cm³/mol. The average molecular weight is 439 g/mol. The number of likely N-dealkylation sites (tertiary alicyclic amines) is 1. The summed E-state index contributed by atoms with van der Waals surface area (Å²) in [5.41, 5.74) is 2.44. The van der Waals surface area contributed by atoms with Crippen molar-refractivity contribution in [1.82, 2.24) is 14.9 Å². The van der Waals surface area contributed by atoms with Crippen LogP contribution in [-0.2, 0) is 4.74 Å². The number of ether oxygens (including phenoxy) is 3. The fourth-order valence-corrected chi connectivity index (χ4v) is 3.87. The molecule has 170 valence electrons. The number of benzene rings is 1. The molecule has 0 radical (unpaired) electrons. The van der Waals surface area contributed by atoms with Gasteiger partial charge in [-0.15, -0.1) is 0 Å². The molecule has 4 rings (SSSR count). The fraction of sp³-hybridized carbons (Fsp3) is 0.458. The van der Waals surface area contributed by atoms with E-state index < -0.39 is 0 Å². The van der Waals surface area contributed by atoms with Crippen LogP contribution in [0.5, 0.6) is 11.6 Å². The zero-order valence-electron chi connectivity index (χ0n) is 18.5. The number of methoxy groups -OCH3 is 1. The Morgan fingerprint density at radius 2 is 2.12 bits per heavy atom. The maximum absolute atomic E-state index is 12.5. The minimum Gasteiger partial charge on any atom is -0.491 e. The van der Waals surface area contributed by atoms with Crippen LogP contribution >= 0.6 is 0 Å². The van der Waals surface area contributed by atoms with Crippen LogP contribution in [0.15, 0.2) is 42.2 Å². The number of piperidine rings is 1. The number of anilines is 1. The maximum atomic E-state index is 12.5. The number of carbonyl (C=O) groups excluding carboxylic acids is 1. The summed E-state index contributed by atoms with van der Waals surface area (Å²) in [5.74, 6) is 1.69. The third kappa shape index (κ3) is 6.20. The van der Waals surface area contributed by atoms with Crippen molar-refractivity contribution in [2.24, 2.45) is 0 Å². The van der Waals surface area contributed by atoms with Gasteiger partial charge in [0.15, 0.2) is 5.82 Å². The van der Waals surface area contributed by atoms with Gasteiger partial charge in [-0.3, -0.25) is 5.32 Å². The minimum atomic E-state index is -0.163. The normalized spacial score (nSPS) is 18.7. The summed E-state index contributed by atoms with van der Waals surface area (Å²) in [6.45, 7) is 2.76. The monoisotopic (exact) mass is 438 g/mol. The lowest BCUT2D eigenvalue weighted by atomic mass is 10.0. The van der Waals surface area contributed by atoms with E-state index in [0.717, 1.165) is 43.6 Å². The third-order valence-electron chi connectivity index (χ3n) is 5.70. The molecule has 32 heavy (non-hydrogen) atoms. The molecule has 2 aliphatic rings. The fourth-order valence-electron chi connectivity index (χ4n) is 3.87. The molecule has 0 saturated carbocycles. The lowest BCUT2D eigenvalue weighted by molar-refractivity contribution is -0.0110. The van der Waals surface area contributed by atoms with E-state index in [0.29, 0.717) is 31.4 Å². The molecule has 0 aliphatic carbocycles.